The van der Waals surface area contributed by atoms with Gasteiger partial charge in [0.25, 0.3) is 0 Å². The number of carbonyl (C=O) groups is 2. The second-order valence-electron chi connectivity index (χ2n) is 14.7. The van der Waals surface area contributed by atoms with Crippen molar-refractivity contribution in [3.63, 3.8) is 0 Å². The van der Waals surface area contributed by atoms with Gasteiger partial charge in [0, 0.05) is 25.7 Å². The fourth-order valence-electron chi connectivity index (χ4n) is 4.38. The number of rotatable bonds is 13. The Morgan fingerprint density at radius 2 is 1.30 bits per heavy atom. The summed E-state index contributed by atoms with van der Waals surface area (Å²) >= 11 is 0. The highest BCUT2D eigenvalue weighted by Gasteiger charge is 2.40. The Morgan fingerprint density at radius 1 is 0.791 bits per heavy atom. The zero-order valence-corrected chi connectivity index (χ0v) is 29.6. The van der Waals surface area contributed by atoms with E-state index < -0.39 is 37.4 Å². The molecule has 0 saturated carbocycles. The van der Waals surface area contributed by atoms with E-state index >= 15 is 0 Å². The normalized spacial score (nSPS) is 13.6. The molecule has 1 atom stereocenters. The molecule has 0 saturated heterocycles. The summed E-state index contributed by atoms with van der Waals surface area (Å²) in [6, 6.07) is 17.7. The number of hydrogen-bond donors (Lipinski definition) is 0. The Hall–Kier alpha value is -2.68. The number of esters is 2. The lowest BCUT2D eigenvalue weighted by atomic mass is 9.92. The van der Waals surface area contributed by atoms with Crippen molar-refractivity contribution in [2.75, 3.05) is 20.3 Å². The summed E-state index contributed by atoms with van der Waals surface area (Å²) in [6.07, 6.45) is 0.184. The molecule has 0 spiro atoms. The second kappa shape index (κ2) is 14.9. The van der Waals surface area contributed by atoms with Gasteiger partial charge >= 0.3 is 11.9 Å². The molecule has 2 aromatic rings. The molecule has 7 nitrogen and oxygen atoms in total. The number of methoxy groups -OCH3 is 1. The predicted molar refractivity (Wildman–Crippen MR) is 176 cm³/mol. The molecule has 0 aliphatic heterocycles. The van der Waals surface area contributed by atoms with Crippen molar-refractivity contribution in [2.45, 2.75) is 111 Å². The van der Waals surface area contributed by atoms with Crippen molar-refractivity contribution in [3.05, 3.63) is 65.7 Å². The van der Waals surface area contributed by atoms with Crippen molar-refractivity contribution in [1.29, 1.82) is 0 Å². The van der Waals surface area contributed by atoms with Crippen molar-refractivity contribution < 1.29 is 28.2 Å². The number of hydrogen-bond acceptors (Lipinski definition) is 7. The molecule has 2 aromatic carbocycles. The highest BCUT2D eigenvalue weighted by molar-refractivity contribution is 6.74. The van der Waals surface area contributed by atoms with E-state index in [4.69, 9.17) is 18.6 Å². The third kappa shape index (κ3) is 12.1. The van der Waals surface area contributed by atoms with E-state index in [1.807, 2.05) is 42.5 Å². The maximum Gasteiger partial charge on any atom is 0.320 e. The van der Waals surface area contributed by atoms with Crippen molar-refractivity contribution >= 4 is 20.3 Å². The van der Waals surface area contributed by atoms with Crippen LogP contribution in [-0.2, 0) is 30.0 Å². The van der Waals surface area contributed by atoms with Crippen LogP contribution in [0.3, 0.4) is 0 Å². The lowest BCUT2D eigenvalue weighted by Gasteiger charge is -2.38. The largest absolute Gasteiger partial charge is 0.497 e. The molecule has 0 amide bonds. The molecule has 2 rings (SSSR count). The molecule has 0 unspecified atom stereocenters. The zero-order chi connectivity index (χ0) is 32.6. The zero-order valence-electron chi connectivity index (χ0n) is 28.6. The fraction of sp³-hybridized carbons (Fsp3) is 0.600. The van der Waals surface area contributed by atoms with Crippen LogP contribution in [-0.4, -0.2) is 56.6 Å². The standard InChI is InChI=1S/C35H55NO6Si/c1-33(2,3)41-31(37)29(32(38)42-34(4,5)6)24-30(27-18-20-28(39-10)21-19-27)36(25-26-16-14-13-15-17-26)22-23-40-43(11,12)35(7,8)9/h13-21,29-30H,22-25H2,1-12H3/t30-/m1/s1. The van der Waals surface area contributed by atoms with E-state index in [1.54, 1.807) is 48.7 Å². The van der Waals surface area contributed by atoms with Gasteiger partial charge in [0.05, 0.1) is 7.11 Å². The summed E-state index contributed by atoms with van der Waals surface area (Å²) < 4.78 is 23.6. The number of carbonyl (C=O) groups excluding carboxylic acids is 2. The maximum absolute atomic E-state index is 13.6. The Kier molecular flexibility index (Phi) is 12.6. The van der Waals surface area contributed by atoms with Gasteiger partial charge in [-0.25, -0.2) is 0 Å². The third-order valence-electron chi connectivity index (χ3n) is 7.66. The molecule has 0 aliphatic rings. The van der Waals surface area contributed by atoms with Gasteiger partial charge in [-0.15, -0.1) is 0 Å². The van der Waals surface area contributed by atoms with Gasteiger partial charge in [-0.1, -0.05) is 63.2 Å². The van der Waals surface area contributed by atoms with E-state index in [0.717, 1.165) is 16.9 Å². The summed E-state index contributed by atoms with van der Waals surface area (Å²) in [5.74, 6) is -1.56. The average molecular weight is 614 g/mol. The highest BCUT2D eigenvalue weighted by atomic mass is 28.4. The minimum absolute atomic E-state index is 0.0746. The molecule has 0 aromatic heterocycles. The van der Waals surface area contributed by atoms with Crippen LogP contribution >= 0.6 is 0 Å². The van der Waals surface area contributed by atoms with Crippen molar-refractivity contribution in [2.24, 2.45) is 5.92 Å². The number of ether oxygens (including phenoxy) is 3. The van der Waals surface area contributed by atoms with Gasteiger partial charge in [0.2, 0.25) is 0 Å². The summed E-state index contributed by atoms with van der Waals surface area (Å²) in [5, 5.41) is 0.0746. The first kappa shape index (κ1) is 36.5. The monoisotopic (exact) mass is 613 g/mol. The summed E-state index contributed by atoms with van der Waals surface area (Å²) in [6.45, 7) is 23.7. The van der Waals surface area contributed by atoms with E-state index in [9.17, 15) is 9.59 Å². The molecular formula is C35H55NO6Si. The lowest BCUT2D eigenvalue weighted by Crippen LogP contribution is -2.44. The smallest absolute Gasteiger partial charge is 0.320 e. The molecule has 43 heavy (non-hydrogen) atoms. The van der Waals surface area contributed by atoms with Gasteiger partial charge in [0.15, 0.2) is 14.2 Å². The van der Waals surface area contributed by atoms with Gasteiger partial charge in [-0.2, -0.15) is 0 Å². The molecule has 0 fully saturated rings. The minimum atomic E-state index is -2.00. The van der Waals surface area contributed by atoms with Crippen LogP contribution in [0, 0.1) is 5.92 Å². The van der Waals surface area contributed by atoms with E-state index in [0.29, 0.717) is 19.7 Å². The quantitative estimate of drug-likeness (QED) is 0.129. The Morgan fingerprint density at radius 3 is 1.74 bits per heavy atom. The summed E-state index contributed by atoms with van der Waals surface area (Å²) in [7, 11) is -0.371. The van der Waals surface area contributed by atoms with E-state index in [2.05, 4.69) is 50.9 Å². The van der Waals surface area contributed by atoms with Gasteiger partial charge in [-0.3, -0.25) is 14.5 Å². The van der Waals surface area contributed by atoms with Crippen LogP contribution in [0.25, 0.3) is 0 Å². The van der Waals surface area contributed by atoms with Crippen LogP contribution in [0.1, 0.15) is 85.9 Å². The molecule has 0 N–H and O–H groups in total. The van der Waals surface area contributed by atoms with Gasteiger partial charge < -0.3 is 18.6 Å². The van der Waals surface area contributed by atoms with Gasteiger partial charge in [0.1, 0.15) is 17.0 Å². The topological polar surface area (TPSA) is 74.3 Å². The van der Waals surface area contributed by atoms with Crippen LogP contribution in [0.4, 0.5) is 0 Å². The SMILES string of the molecule is COc1ccc([C@@H](CC(C(=O)OC(C)(C)C)C(=O)OC(C)(C)C)N(CCO[Si](C)(C)C(C)(C)C)Cc2ccccc2)cc1. The first-order chi connectivity index (χ1) is 19.7. The highest BCUT2D eigenvalue weighted by Crippen LogP contribution is 2.37. The van der Waals surface area contributed by atoms with Gasteiger partial charge in [-0.05, 0) is 89.4 Å². The van der Waals surface area contributed by atoms with E-state index in [-0.39, 0.29) is 17.5 Å². The Labute approximate surface area is 261 Å². The molecule has 0 heterocycles. The summed E-state index contributed by atoms with van der Waals surface area (Å²) in [5.41, 5.74) is 0.571. The maximum atomic E-state index is 13.6. The molecule has 240 valence electrons. The molecule has 0 bridgehead atoms. The van der Waals surface area contributed by atoms with Crippen LogP contribution < -0.4 is 4.74 Å². The lowest BCUT2D eigenvalue weighted by molar-refractivity contribution is -0.175. The van der Waals surface area contributed by atoms with E-state index in [1.165, 1.54) is 0 Å². The molecular weight excluding hydrogens is 558 g/mol. The van der Waals surface area contributed by atoms with Crippen LogP contribution in [0.2, 0.25) is 18.1 Å². The number of benzene rings is 2. The fourth-order valence-corrected chi connectivity index (χ4v) is 5.41. The minimum Gasteiger partial charge on any atom is -0.497 e. The predicted octanol–water partition coefficient (Wildman–Crippen LogP) is 7.95. The molecule has 0 aliphatic carbocycles. The first-order valence-electron chi connectivity index (χ1n) is 15.2. The Bertz CT molecular complexity index is 1130. The second-order valence-corrected chi connectivity index (χ2v) is 19.5. The Balaban J connectivity index is 2.59. The van der Waals surface area contributed by atoms with Crippen LogP contribution in [0.15, 0.2) is 54.6 Å². The van der Waals surface area contributed by atoms with Crippen LogP contribution in [0.5, 0.6) is 5.75 Å². The average Bonchev–Trinajstić information content (AvgIpc) is 2.86. The molecule has 8 heteroatoms. The number of nitrogens with zero attached hydrogens (tertiary/aromatic N) is 1. The van der Waals surface area contributed by atoms with Crippen molar-refractivity contribution in [3.8, 4) is 5.75 Å². The third-order valence-corrected chi connectivity index (χ3v) is 12.2. The van der Waals surface area contributed by atoms with Crippen molar-refractivity contribution in [1.82, 2.24) is 4.90 Å². The molecule has 0 radical (unpaired) electrons. The first-order valence-corrected chi connectivity index (χ1v) is 18.1. The summed E-state index contributed by atoms with van der Waals surface area (Å²) in [4.78, 5) is 29.5.